The number of unbranched alkanes of at least 4 members (excludes halogenated alkanes) is 8. The summed E-state index contributed by atoms with van der Waals surface area (Å²) in [5.41, 5.74) is 4.02. The van der Waals surface area contributed by atoms with Gasteiger partial charge in [0.05, 0.1) is 46.0 Å². The average Bonchev–Trinajstić information content (AvgIpc) is 3.87. The molecule has 2 aromatic rings. The number of aliphatic hydroxyl groups excluding tert-OH is 4. The van der Waals surface area contributed by atoms with Crippen LogP contribution in [-0.2, 0) is 65.0 Å². The number of ketones is 1. The lowest BCUT2D eigenvalue weighted by atomic mass is 9.87. The van der Waals surface area contributed by atoms with Crippen molar-refractivity contribution < 1.29 is 105 Å². The van der Waals surface area contributed by atoms with Crippen LogP contribution < -0.4 is 35.9 Å². The molecule has 2 fully saturated rings. The summed E-state index contributed by atoms with van der Waals surface area (Å²) in [6, 6.07) is 0. The minimum atomic E-state index is -5.95. The van der Waals surface area contributed by atoms with Gasteiger partial charge in [0, 0.05) is 50.1 Å². The number of nitrogens with zero attached hydrogens (tertiary/aromatic N) is 4. The normalized spacial score (nSPS) is 24.5. The highest BCUT2D eigenvalue weighted by molar-refractivity contribution is 8.13. The molecule has 29 nitrogen and oxygen atoms in total. The van der Waals surface area contributed by atoms with E-state index in [9.17, 15) is 72.9 Å². The van der Waals surface area contributed by atoms with Gasteiger partial charge in [-0.2, -0.15) is 0 Å². The number of hydrogen-bond donors (Lipinski definition) is 7. The highest BCUT2D eigenvalue weighted by atomic mass is 32.2. The van der Waals surface area contributed by atoms with Crippen molar-refractivity contribution in [1.29, 1.82) is 0 Å². The highest BCUT2D eigenvalue weighted by Crippen LogP contribution is 2.56. The summed E-state index contributed by atoms with van der Waals surface area (Å²) in [5.74, 6) is -1.63. The molecule has 2 aliphatic heterocycles. The Kier molecular flexibility index (Phi) is 25.5. The van der Waals surface area contributed by atoms with E-state index in [2.05, 4.69) is 43.5 Å². The van der Waals surface area contributed by atoms with E-state index in [1.807, 2.05) is 0 Å². The molecule has 2 saturated heterocycles. The first-order valence-electron chi connectivity index (χ1n) is 23.8. The van der Waals surface area contributed by atoms with Crippen molar-refractivity contribution in [3.8, 4) is 0 Å². The number of thioether (sulfide) groups is 1. The number of phosphoric acid groups is 3. The molecule has 0 bridgehead atoms. The van der Waals surface area contributed by atoms with Gasteiger partial charge < -0.3 is 88.7 Å². The van der Waals surface area contributed by atoms with E-state index in [1.165, 1.54) is 13.8 Å². The van der Waals surface area contributed by atoms with Crippen molar-refractivity contribution in [2.24, 2.45) is 5.41 Å². The molecule has 4 heterocycles. The van der Waals surface area contributed by atoms with Gasteiger partial charge in [0.15, 0.2) is 29.1 Å². The number of carbonyl (C=O) groups is 4. The molecule has 422 valence electrons. The number of hydrogen-bond acceptors (Lipinski definition) is 27. The molecule has 2 unspecified atom stereocenters. The summed E-state index contributed by atoms with van der Waals surface area (Å²) in [4.78, 5) is 109. The van der Waals surface area contributed by atoms with Gasteiger partial charge in [-0.15, -0.1) is 0 Å². The van der Waals surface area contributed by atoms with Gasteiger partial charge in [-0.25, -0.2) is 19.3 Å². The van der Waals surface area contributed by atoms with Gasteiger partial charge in [0.25, 0.3) is 15.6 Å². The summed E-state index contributed by atoms with van der Waals surface area (Å²) in [5, 5.41) is 45.7. The highest BCUT2D eigenvalue weighted by Gasteiger charge is 2.47. The van der Waals surface area contributed by atoms with Crippen LogP contribution in [-0.4, -0.2) is 150 Å². The number of imidazole rings is 1. The van der Waals surface area contributed by atoms with E-state index in [4.69, 9.17) is 19.9 Å². The predicted octanol–water partition coefficient (Wildman–Crippen LogP) is -1.13. The second-order valence-corrected chi connectivity index (χ2v) is 23.5. The number of carbonyl (C=O) groups excluding carboxylic acids is 4. The second kappa shape index (κ2) is 29.7. The zero-order chi connectivity index (χ0) is 54.9. The molecular formula is C41H66N7O22P3S-4. The number of nitrogens with one attached hydrogen (secondary N) is 2. The summed E-state index contributed by atoms with van der Waals surface area (Å²) >= 11 is 0.899. The number of nitrogen functional groups attached to an aromatic ring is 1. The fourth-order valence-electron chi connectivity index (χ4n) is 7.53. The van der Waals surface area contributed by atoms with Crippen LogP contribution in [0.5, 0.6) is 0 Å². The molecule has 33 heteroatoms. The van der Waals surface area contributed by atoms with Crippen molar-refractivity contribution in [2.45, 2.75) is 159 Å². The van der Waals surface area contributed by atoms with Crippen molar-refractivity contribution in [3.63, 3.8) is 0 Å². The zero-order valence-electron chi connectivity index (χ0n) is 41.0. The second-order valence-electron chi connectivity index (χ2n) is 18.3. The first-order valence-corrected chi connectivity index (χ1v) is 29.2. The molecule has 8 N–H and O–H groups in total. The first-order chi connectivity index (χ1) is 34.7. The van der Waals surface area contributed by atoms with Crippen molar-refractivity contribution >= 4 is 74.9 Å². The molecule has 2 aliphatic rings. The van der Waals surface area contributed by atoms with Crippen LogP contribution in [0.25, 0.3) is 11.2 Å². The number of aromatic nitrogens is 4. The fraction of sp³-hybridized carbons (Fsp3) is 0.780. The van der Waals surface area contributed by atoms with Gasteiger partial charge in [0.2, 0.25) is 11.8 Å². The topological polar surface area (TPSA) is 451 Å². The Bertz CT molecular complexity index is 2300. The van der Waals surface area contributed by atoms with E-state index >= 15 is 0 Å². The van der Waals surface area contributed by atoms with Gasteiger partial charge >= 0.3 is 0 Å². The number of amides is 2. The number of fused-ring (bicyclic) bond motifs is 1. The maximum atomic E-state index is 12.7. The van der Waals surface area contributed by atoms with Crippen LogP contribution in [0.1, 0.15) is 110 Å². The predicted molar refractivity (Wildman–Crippen MR) is 251 cm³/mol. The molecule has 0 spiro atoms. The third-order valence-corrected chi connectivity index (χ3v) is 15.5. The molecule has 0 aromatic carbocycles. The number of ether oxygens (including phenoxy) is 3. The third-order valence-electron chi connectivity index (χ3n) is 11.7. The van der Waals surface area contributed by atoms with E-state index in [-0.39, 0.29) is 72.1 Å². The molecule has 0 saturated carbocycles. The summed E-state index contributed by atoms with van der Waals surface area (Å²) in [6.45, 7) is 2.08. The van der Waals surface area contributed by atoms with Crippen LogP contribution in [0.2, 0.25) is 0 Å². The Labute approximate surface area is 430 Å². The van der Waals surface area contributed by atoms with Crippen LogP contribution in [0.4, 0.5) is 5.82 Å². The van der Waals surface area contributed by atoms with Crippen LogP contribution >= 0.6 is 35.2 Å². The van der Waals surface area contributed by atoms with Crippen molar-refractivity contribution in [2.75, 3.05) is 44.4 Å². The largest absolute Gasteiger partial charge is 0.790 e. The Hall–Kier alpha value is -2.93. The molecule has 0 radical (unpaired) electrons. The zero-order valence-corrected chi connectivity index (χ0v) is 44.5. The summed E-state index contributed by atoms with van der Waals surface area (Å²) in [7, 11) is -17.7. The molecule has 4 rings (SSSR count). The van der Waals surface area contributed by atoms with Gasteiger partial charge in [-0.3, -0.25) is 32.9 Å². The Morgan fingerprint density at radius 3 is 2.22 bits per heavy atom. The Morgan fingerprint density at radius 2 is 1.54 bits per heavy atom. The smallest absolute Gasteiger partial charge is 0.274 e. The number of Topliss-reactive ketones (excluding diaryl/α,β-unsaturated/α-hetero) is 1. The first kappa shape index (κ1) is 63.6. The standard InChI is InChI=1S/C41H70N7O22P3S/c1-25-27(50)20-28(51)40(67-25)64-17-12-10-8-6-4-5-7-9-11-13-26(49)19-31(53)74-18-16-43-30(52)14-15-44-38(56)35(55)41(2,3)22-66-73(62,63)70-72(60,61)65-21-29-34(69-71(57,58)59)33(54)39(68-29)48-24-47-32-36(42)45-23-46-37(32)48/h23-25,27-29,33-35,39-40,50-51,54-55H,4-22H2,1-3H3,(H,43,52)(H,44,56)(H,60,61)(H,62,63)(H2,42,45,46)(H2,57,58,59)/p-4/t25-,27+,28+,29+,33+,34+,35-,39+,40+/m0/s1. The number of rotatable bonds is 34. The lowest BCUT2D eigenvalue weighted by molar-refractivity contribution is -0.347. The van der Waals surface area contributed by atoms with Crippen LogP contribution in [0, 0.1) is 5.41 Å². The van der Waals surface area contributed by atoms with E-state index in [1.54, 1.807) is 6.92 Å². The quantitative estimate of drug-likeness (QED) is 0.0248. The lowest BCUT2D eigenvalue weighted by Gasteiger charge is -2.36. The molecular weight excluding hydrogens is 1070 g/mol. The number of aliphatic hydroxyl groups is 4. The number of phosphoric ester groups is 3. The summed E-state index contributed by atoms with van der Waals surface area (Å²) < 4.78 is 71.9. The minimum absolute atomic E-state index is 0.0322. The average molecular weight is 1130 g/mol. The lowest BCUT2D eigenvalue weighted by Crippen LogP contribution is -2.47. The SMILES string of the molecule is C[C@@H]1O[C@@H](OCCCCCCCCCCCC(=O)CC(=O)SCCNC(=O)CCNC(=O)[C@H](O)C(C)(C)COP(=O)([O-])OP(=O)([O-])OC[C@H]2O[C@@H](n3cnc4c(N)ncnc43)[C@H](O)[C@@H]2OP(=O)([O-])[O-])[C@H](O)C[C@H]1O. The number of nitrogens with two attached hydrogens (primary N) is 1. The molecule has 0 aliphatic carbocycles. The third kappa shape index (κ3) is 21.5. The fourth-order valence-corrected chi connectivity index (χ4v) is 11.0. The van der Waals surface area contributed by atoms with Gasteiger partial charge in [-0.1, -0.05) is 70.6 Å². The molecule has 2 amide bonds. The van der Waals surface area contributed by atoms with E-state index < -0.39 is 103 Å². The maximum Gasteiger partial charge on any atom is 0.274 e. The maximum absolute atomic E-state index is 12.7. The monoisotopic (exact) mass is 1130 g/mol. The molecule has 11 atom stereocenters. The summed E-state index contributed by atoms with van der Waals surface area (Å²) in [6.07, 6.45) is -1.43. The Morgan fingerprint density at radius 1 is 0.892 bits per heavy atom. The molecule has 74 heavy (non-hydrogen) atoms. The van der Waals surface area contributed by atoms with E-state index in [0.29, 0.717) is 19.4 Å². The van der Waals surface area contributed by atoms with Crippen LogP contribution in [0.15, 0.2) is 12.7 Å². The Balaban J connectivity index is 1.03. The number of anilines is 1. The molecule has 2 aromatic heterocycles. The van der Waals surface area contributed by atoms with Crippen molar-refractivity contribution in [3.05, 3.63) is 12.7 Å². The minimum Gasteiger partial charge on any atom is -0.790 e. The van der Waals surface area contributed by atoms with Gasteiger partial charge in [-0.05, 0) is 19.8 Å². The van der Waals surface area contributed by atoms with Gasteiger partial charge in [0.1, 0.15) is 48.1 Å². The van der Waals surface area contributed by atoms with Crippen LogP contribution in [0.3, 0.4) is 0 Å². The van der Waals surface area contributed by atoms with Crippen molar-refractivity contribution in [1.82, 2.24) is 30.2 Å². The van der Waals surface area contributed by atoms with E-state index in [0.717, 1.165) is 80.4 Å².